The summed E-state index contributed by atoms with van der Waals surface area (Å²) in [5.74, 6) is -0.841. The molecule has 0 bridgehead atoms. The molecule has 3 rings (SSSR count). The highest BCUT2D eigenvalue weighted by Crippen LogP contribution is 2.34. The average molecular weight is 492 g/mol. The first-order valence-electron chi connectivity index (χ1n) is 12.9. The number of ether oxygens (including phenoxy) is 4. The minimum Gasteiger partial charge on any atom is -0.503 e. The predicted molar refractivity (Wildman–Crippen MR) is 131 cm³/mol. The van der Waals surface area contributed by atoms with Gasteiger partial charge in [0.25, 0.3) is 0 Å². The maximum atomic E-state index is 13.1. The number of esters is 1. The van der Waals surface area contributed by atoms with Gasteiger partial charge in [-0.05, 0) is 25.2 Å². The fraction of sp³-hybridized carbons (Fsp3) is 0.741. The first-order valence-corrected chi connectivity index (χ1v) is 12.9. The molecule has 2 heterocycles. The Morgan fingerprint density at radius 2 is 1.97 bits per heavy atom. The number of ketones is 1. The Hall–Kier alpha value is -2.19. The number of nitrogens with zero attached hydrogens (tertiary/aromatic N) is 1. The van der Waals surface area contributed by atoms with E-state index in [1.807, 2.05) is 6.92 Å². The van der Waals surface area contributed by atoms with E-state index < -0.39 is 23.8 Å². The molecule has 2 fully saturated rings. The van der Waals surface area contributed by atoms with Crippen LogP contribution in [0.25, 0.3) is 0 Å². The van der Waals surface area contributed by atoms with Gasteiger partial charge in [-0.3, -0.25) is 9.59 Å². The van der Waals surface area contributed by atoms with E-state index in [1.165, 1.54) is 51.5 Å². The molecule has 0 radical (unpaired) electrons. The largest absolute Gasteiger partial charge is 0.503 e. The molecule has 0 unspecified atom stereocenters. The topological polar surface area (TPSA) is 104 Å². The maximum Gasteiger partial charge on any atom is 0.312 e. The van der Waals surface area contributed by atoms with Crippen LogP contribution >= 0.6 is 0 Å². The summed E-state index contributed by atoms with van der Waals surface area (Å²) >= 11 is 0. The van der Waals surface area contributed by atoms with Crippen LogP contribution in [0.15, 0.2) is 12.3 Å². The van der Waals surface area contributed by atoms with Gasteiger partial charge in [-0.25, -0.2) is 4.98 Å². The fourth-order valence-corrected chi connectivity index (χ4v) is 5.15. The van der Waals surface area contributed by atoms with E-state index >= 15 is 0 Å². The highest BCUT2D eigenvalue weighted by molar-refractivity contribution is 5.99. The number of hydrogen-bond donors (Lipinski definition) is 1. The SMILES string of the molecule is COc1ccnc(C(=O)C[C@H]2COC[C@H](CC3CCCCC3)[C@@H](OCC(C)C)[C@H](C)OC2=O)c1O. The molecule has 1 saturated heterocycles. The molecule has 35 heavy (non-hydrogen) atoms. The van der Waals surface area contributed by atoms with E-state index in [2.05, 4.69) is 18.8 Å². The number of methoxy groups -OCH3 is 1. The van der Waals surface area contributed by atoms with Crippen LogP contribution < -0.4 is 4.74 Å². The Bertz CT molecular complexity index is 837. The van der Waals surface area contributed by atoms with Crippen molar-refractivity contribution in [3.8, 4) is 11.5 Å². The number of Topliss-reactive ketones (excluding diaryl/α,β-unsaturated/α-hetero) is 1. The lowest BCUT2D eigenvalue weighted by molar-refractivity contribution is -0.163. The standard InChI is InChI=1S/C27H41NO7/c1-17(2)14-34-26-18(3)35-27(31)21(13-22(29)24-25(30)23(32-4)10-11-28-24)16-33-15-20(26)12-19-8-6-5-7-9-19/h10-11,17-21,26,30H,5-9,12-16H2,1-4H3/t18-,20-,21-,26-/m0/s1. The monoisotopic (exact) mass is 491 g/mol. The van der Waals surface area contributed by atoms with Crippen molar-refractivity contribution in [3.05, 3.63) is 18.0 Å². The summed E-state index contributed by atoms with van der Waals surface area (Å²) in [6, 6.07) is 1.47. The summed E-state index contributed by atoms with van der Waals surface area (Å²) in [5.41, 5.74) is -0.126. The van der Waals surface area contributed by atoms with Crippen LogP contribution in [0.2, 0.25) is 0 Å². The van der Waals surface area contributed by atoms with Gasteiger partial charge < -0.3 is 24.1 Å². The highest BCUT2D eigenvalue weighted by Gasteiger charge is 2.37. The Morgan fingerprint density at radius 3 is 2.66 bits per heavy atom. The zero-order valence-corrected chi connectivity index (χ0v) is 21.5. The average Bonchev–Trinajstić information content (AvgIpc) is 2.87. The maximum absolute atomic E-state index is 13.1. The normalized spacial score (nSPS) is 26.5. The second-order valence-corrected chi connectivity index (χ2v) is 10.4. The molecule has 2 aliphatic rings. The molecular weight excluding hydrogens is 450 g/mol. The van der Waals surface area contributed by atoms with E-state index in [0.29, 0.717) is 25.0 Å². The lowest BCUT2D eigenvalue weighted by Crippen LogP contribution is -2.40. The van der Waals surface area contributed by atoms with Crippen LogP contribution in [0, 0.1) is 23.7 Å². The van der Waals surface area contributed by atoms with Gasteiger partial charge in [-0.15, -0.1) is 0 Å². The van der Waals surface area contributed by atoms with Gasteiger partial charge in [0, 0.05) is 31.2 Å². The number of carbonyl (C=O) groups excluding carboxylic acids is 2. The Labute approximate surface area is 208 Å². The number of aromatic nitrogens is 1. The third-order valence-corrected chi connectivity index (χ3v) is 7.00. The van der Waals surface area contributed by atoms with Gasteiger partial charge in [0.1, 0.15) is 6.10 Å². The van der Waals surface area contributed by atoms with Crippen molar-refractivity contribution in [1.29, 1.82) is 0 Å². The molecule has 4 atom stereocenters. The van der Waals surface area contributed by atoms with Crippen molar-refractivity contribution < 1.29 is 33.6 Å². The van der Waals surface area contributed by atoms with Crippen molar-refractivity contribution in [2.24, 2.45) is 23.7 Å². The molecule has 1 aliphatic heterocycles. The zero-order valence-electron chi connectivity index (χ0n) is 21.5. The van der Waals surface area contributed by atoms with E-state index in [0.717, 1.165) is 6.42 Å². The van der Waals surface area contributed by atoms with Crippen LogP contribution in [-0.2, 0) is 19.0 Å². The quantitative estimate of drug-likeness (QED) is 0.396. The molecule has 1 aromatic heterocycles. The summed E-state index contributed by atoms with van der Waals surface area (Å²) in [6.07, 6.45) is 7.72. The van der Waals surface area contributed by atoms with Crippen LogP contribution in [0.3, 0.4) is 0 Å². The minimum atomic E-state index is -0.795. The van der Waals surface area contributed by atoms with Crippen LogP contribution in [0.4, 0.5) is 0 Å². The summed E-state index contributed by atoms with van der Waals surface area (Å²) in [4.78, 5) is 30.0. The third-order valence-electron chi connectivity index (χ3n) is 7.00. The number of aromatic hydroxyl groups is 1. The second-order valence-electron chi connectivity index (χ2n) is 10.4. The summed E-state index contributed by atoms with van der Waals surface area (Å²) in [6.45, 7) is 7.17. The van der Waals surface area contributed by atoms with Gasteiger partial charge in [0.05, 0.1) is 32.3 Å². The van der Waals surface area contributed by atoms with Gasteiger partial charge >= 0.3 is 5.97 Å². The lowest BCUT2D eigenvalue weighted by Gasteiger charge is -2.34. The molecule has 1 aliphatic carbocycles. The fourth-order valence-electron chi connectivity index (χ4n) is 5.15. The van der Waals surface area contributed by atoms with Gasteiger partial charge in [0.2, 0.25) is 0 Å². The molecule has 0 aromatic carbocycles. The second kappa shape index (κ2) is 13.2. The van der Waals surface area contributed by atoms with Crippen molar-refractivity contribution >= 4 is 11.8 Å². The molecular formula is C27H41NO7. The van der Waals surface area contributed by atoms with E-state index in [4.69, 9.17) is 18.9 Å². The molecule has 0 amide bonds. The molecule has 196 valence electrons. The number of rotatable bonds is 9. The zero-order chi connectivity index (χ0) is 25.4. The predicted octanol–water partition coefficient (Wildman–Crippen LogP) is 4.57. The van der Waals surface area contributed by atoms with Gasteiger partial charge in [0.15, 0.2) is 23.0 Å². The molecule has 1 N–H and O–H groups in total. The lowest BCUT2D eigenvalue weighted by atomic mass is 9.80. The van der Waals surface area contributed by atoms with E-state index in [1.54, 1.807) is 0 Å². The summed E-state index contributed by atoms with van der Waals surface area (Å²) < 4.78 is 23.3. The van der Waals surface area contributed by atoms with E-state index in [-0.39, 0.29) is 42.2 Å². The molecule has 8 heteroatoms. The first-order chi connectivity index (χ1) is 16.8. The first kappa shape index (κ1) is 27.4. The van der Waals surface area contributed by atoms with Gasteiger partial charge in [-0.1, -0.05) is 46.0 Å². The number of hydrogen-bond acceptors (Lipinski definition) is 8. The third kappa shape index (κ3) is 7.64. The Morgan fingerprint density at radius 1 is 1.23 bits per heavy atom. The summed E-state index contributed by atoms with van der Waals surface area (Å²) in [7, 11) is 1.40. The molecule has 1 aromatic rings. The van der Waals surface area contributed by atoms with Gasteiger partial charge in [-0.2, -0.15) is 0 Å². The van der Waals surface area contributed by atoms with Crippen molar-refractivity contribution in [2.45, 2.75) is 77.9 Å². The molecule has 0 spiro atoms. The van der Waals surface area contributed by atoms with Crippen LogP contribution in [0.5, 0.6) is 11.5 Å². The van der Waals surface area contributed by atoms with Crippen molar-refractivity contribution in [3.63, 3.8) is 0 Å². The van der Waals surface area contributed by atoms with Crippen molar-refractivity contribution in [2.75, 3.05) is 26.9 Å². The van der Waals surface area contributed by atoms with Crippen LogP contribution in [-0.4, -0.2) is 61.0 Å². The van der Waals surface area contributed by atoms with Crippen molar-refractivity contribution in [1.82, 2.24) is 4.98 Å². The number of cyclic esters (lactones) is 1. The number of carbonyl (C=O) groups is 2. The minimum absolute atomic E-state index is 0.0695. The molecule has 1 saturated carbocycles. The smallest absolute Gasteiger partial charge is 0.312 e. The molecule has 8 nitrogen and oxygen atoms in total. The Kier molecular flexibility index (Phi) is 10.3. The summed E-state index contributed by atoms with van der Waals surface area (Å²) in [5, 5.41) is 10.3. The number of pyridine rings is 1. The Balaban J connectivity index is 1.73. The van der Waals surface area contributed by atoms with Crippen LogP contribution in [0.1, 0.15) is 76.2 Å². The highest BCUT2D eigenvalue weighted by atomic mass is 16.6. The van der Waals surface area contributed by atoms with E-state index in [9.17, 15) is 14.7 Å².